The molecule has 1 aromatic carbocycles. The van der Waals surface area contributed by atoms with Gasteiger partial charge in [-0.15, -0.1) is 0 Å². The van der Waals surface area contributed by atoms with Crippen molar-refractivity contribution in [2.24, 2.45) is 0 Å². The molecule has 0 aliphatic heterocycles. The third kappa shape index (κ3) is 4.13. The zero-order valence-corrected chi connectivity index (χ0v) is 12.0. The average molecular weight is 301 g/mol. The van der Waals surface area contributed by atoms with E-state index >= 15 is 0 Å². The number of esters is 1. The van der Waals surface area contributed by atoms with Crippen molar-refractivity contribution in [3.63, 3.8) is 0 Å². The summed E-state index contributed by atoms with van der Waals surface area (Å²) in [7, 11) is 0. The third-order valence-corrected chi connectivity index (χ3v) is 2.66. The van der Waals surface area contributed by atoms with E-state index in [1.54, 1.807) is 26.8 Å². The van der Waals surface area contributed by atoms with Crippen molar-refractivity contribution in [3.05, 3.63) is 33.8 Å². The zero-order chi connectivity index (χ0) is 13.2. The molecule has 1 unspecified atom stereocenters. The second-order valence-electron chi connectivity index (χ2n) is 4.94. The Morgan fingerprint density at radius 2 is 2.00 bits per heavy atom. The van der Waals surface area contributed by atoms with Crippen LogP contribution in [-0.2, 0) is 9.53 Å². The maximum atomic E-state index is 11.7. The fourth-order valence-electron chi connectivity index (χ4n) is 1.39. The van der Waals surface area contributed by atoms with Crippen molar-refractivity contribution < 1.29 is 14.6 Å². The fourth-order valence-corrected chi connectivity index (χ4v) is 1.77. The van der Waals surface area contributed by atoms with Crippen LogP contribution in [-0.4, -0.2) is 16.7 Å². The first kappa shape index (κ1) is 14.2. The van der Waals surface area contributed by atoms with E-state index in [4.69, 9.17) is 4.74 Å². The Labute approximate surface area is 110 Å². The van der Waals surface area contributed by atoms with E-state index in [0.29, 0.717) is 5.56 Å². The molecule has 0 bridgehead atoms. The Bertz CT molecular complexity index is 421. The summed E-state index contributed by atoms with van der Waals surface area (Å²) in [6.07, 6.45) is -1.24. The van der Waals surface area contributed by atoms with Gasteiger partial charge in [0, 0.05) is 4.47 Å². The molecule has 17 heavy (non-hydrogen) atoms. The maximum absolute atomic E-state index is 11.7. The molecule has 1 aromatic rings. The van der Waals surface area contributed by atoms with Crippen LogP contribution in [0.5, 0.6) is 0 Å². The molecule has 0 heterocycles. The van der Waals surface area contributed by atoms with E-state index in [2.05, 4.69) is 15.9 Å². The van der Waals surface area contributed by atoms with E-state index in [1.807, 2.05) is 19.1 Å². The van der Waals surface area contributed by atoms with Crippen molar-refractivity contribution in [3.8, 4) is 0 Å². The highest BCUT2D eigenvalue weighted by atomic mass is 79.9. The quantitative estimate of drug-likeness (QED) is 0.854. The number of hydrogen-bond acceptors (Lipinski definition) is 3. The molecule has 1 N–H and O–H groups in total. The van der Waals surface area contributed by atoms with Gasteiger partial charge in [-0.1, -0.05) is 22.0 Å². The Kier molecular flexibility index (Phi) is 4.33. The molecule has 4 heteroatoms. The van der Waals surface area contributed by atoms with Crippen LogP contribution < -0.4 is 0 Å². The third-order valence-electron chi connectivity index (χ3n) is 2.17. The molecule has 0 aliphatic rings. The molecule has 0 radical (unpaired) electrons. The summed E-state index contributed by atoms with van der Waals surface area (Å²) in [6.45, 7) is 7.15. The first-order chi connectivity index (χ1) is 7.70. The van der Waals surface area contributed by atoms with Crippen LogP contribution in [0.3, 0.4) is 0 Å². The minimum absolute atomic E-state index is 0.564. The van der Waals surface area contributed by atoms with E-state index in [0.717, 1.165) is 10.0 Å². The summed E-state index contributed by atoms with van der Waals surface area (Å²) >= 11 is 3.31. The van der Waals surface area contributed by atoms with E-state index < -0.39 is 17.7 Å². The summed E-state index contributed by atoms with van der Waals surface area (Å²) in [6, 6.07) is 5.43. The topological polar surface area (TPSA) is 46.5 Å². The standard InChI is InChI=1S/C13H17BrO3/c1-8-5-6-9(14)7-10(8)11(15)12(16)17-13(2,3)4/h5-7,11,15H,1-4H3. The average Bonchev–Trinajstić information content (AvgIpc) is 2.18. The summed E-state index contributed by atoms with van der Waals surface area (Å²) in [5.74, 6) is -0.626. The van der Waals surface area contributed by atoms with E-state index in [1.165, 1.54) is 0 Å². The molecule has 0 saturated heterocycles. The normalized spacial score (nSPS) is 13.3. The number of ether oxygens (including phenoxy) is 1. The lowest BCUT2D eigenvalue weighted by atomic mass is 10.0. The number of aliphatic hydroxyl groups excluding tert-OH is 1. The number of benzene rings is 1. The van der Waals surface area contributed by atoms with Gasteiger partial charge in [-0.2, -0.15) is 0 Å². The molecule has 0 aliphatic carbocycles. The largest absolute Gasteiger partial charge is 0.458 e. The second-order valence-corrected chi connectivity index (χ2v) is 5.85. The smallest absolute Gasteiger partial charge is 0.340 e. The predicted molar refractivity (Wildman–Crippen MR) is 69.7 cm³/mol. The number of aliphatic hydroxyl groups is 1. The molecular formula is C13H17BrO3. The fraction of sp³-hybridized carbons (Fsp3) is 0.462. The van der Waals surface area contributed by atoms with E-state index in [-0.39, 0.29) is 0 Å². The molecule has 0 fully saturated rings. The van der Waals surface area contributed by atoms with Crippen molar-refractivity contribution in [1.29, 1.82) is 0 Å². The number of carbonyl (C=O) groups excluding carboxylic acids is 1. The molecule has 1 atom stereocenters. The number of hydrogen-bond donors (Lipinski definition) is 1. The van der Waals surface area contributed by atoms with Gasteiger partial charge in [0.15, 0.2) is 6.10 Å². The molecule has 0 saturated carbocycles. The Morgan fingerprint density at radius 1 is 1.41 bits per heavy atom. The summed E-state index contributed by atoms with van der Waals surface area (Å²) in [4.78, 5) is 11.7. The van der Waals surface area contributed by atoms with Gasteiger partial charge in [-0.25, -0.2) is 4.79 Å². The van der Waals surface area contributed by atoms with Crippen molar-refractivity contribution in [2.75, 3.05) is 0 Å². The molecule has 0 amide bonds. The number of rotatable bonds is 2. The second kappa shape index (κ2) is 5.19. The van der Waals surface area contributed by atoms with Crippen molar-refractivity contribution in [1.82, 2.24) is 0 Å². The van der Waals surface area contributed by atoms with Crippen LogP contribution in [0.15, 0.2) is 22.7 Å². The van der Waals surface area contributed by atoms with Gasteiger partial charge in [0.2, 0.25) is 0 Å². The molecule has 0 aromatic heterocycles. The monoisotopic (exact) mass is 300 g/mol. The lowest BCUT2D eigenvalue weighted by molar-refractivity contribution is -0.165. The molecule has 1 rings (SSSR count). The summed E-state index contributed by atoms with van der Waals surface area (Å²) in [5.41, 5.74) is 0.818. The first-order valence-electron chi connectivity index (χ1n) is 5.37. The van der Waals surface area contributed by atoms with Crippen LogP contribution in [0.2, 0.25) is 0 Å². The number of carbonyl (C=O) groups is 1. The highest BCUT2D eigenvalue weighted by molar-refractivity contribution is 9.10. The maximum Gasteiger partial charge on any atom is 0.340 e. The summed E-state index contributed by atoms with van der Waals surface area (Å²) < 4.78 is 5.96. The minimum atomic E-state index is -1.24. The Balaban J connectivity index is 2.92. The van der Waals surface area contributed by atoms with Crippen molar-refractivity contribution in [2.45, 2.75) is 39.4 Å². The Hall–Kier alpha value is -0.870. The molecule has 3 nitrogen and oxygen atoms in total. The predicted octanol–water partition coefficient (Wildman–Crippen LogP) is 3.13. The van der Waals surface area contributed by atoms with Crippen LogP contribution >= 0.6 is 15.9 Å². The lowest BCUT2D eigenvalue weighted by Crippen LogP contribution is -2.28. The van der Waals surface area contributed by atoms with Gasteiger partial charge < -0.3 is 9.84 Å². The SMILES string of the molecule is Cc1ccc(Br)cc1C(O)C(=O)OC(C)(C)C. The van der Waals surface area contributed by atoms with Crippen LogP contribution in [0.1, 0.15) is 38.0 Å². The molecule has 94 valence electrons. The first-order valence-corrected chi connectivity index (χ1v) is 6.17. The van der Waals surface area contributed by atoms with Gasteiger partial charge in [-0.05, 0) is 51.0 Å². The Morgan fingerprint density at radius 3 is 2.53 bits per heavy atom. The van der Waals surface area contributed by atoms with Crippen LogP contribution in [0.4, 0.5) is 0 Å². The van der Waals surface area contributed by atoms with E-state index in [9.17, 15) is 9.90 Å². The molecule has 0 spiro atoms. The highest BCUT2D eigenvalue weighted by Crippen LogP contribution is 2.24. The van der Waals surface area contributed by atoms with Gasteiger partial charge in [0.25, 0.3) is 0 Å². The van der Waals surface area contributed by atoms with Crippen molar-refractivity contribution >= 4 is 21.9 Å². The number of halogens is 1. The summed E-state index contributed by atoms with van der Waals surface area (Å²) in [5, 5.41) is 9.96. The highest BCUT2D eigenvalue weighted by Gasteiger charge is 2.25. The van der Waals surface area contributed by atoms with Gasteiger partial charge in [0.1, 0.15) is 5.60 Å². The van der Waals surface area contributed by atoms with Gasteiger partial charge >= 0.3 is 5.97 Å². The zero-order valence-electron chi connectivity index (χ0n) is 10.5. The van der Waals surface area contributed by atoms with Gasteiger partial charge in [-0.3, -0.25) is 0 Å². The lowest BCUT2D eigenvalue weighted by Gasteiger charge is -2.22. The van der Waals surface area contributed by atoms with Crippen LogP contribution in [0.25, 0.3) is 0 Å². The number of aryl methyl sites for hydroxylation is 1. The molecular weight excluding hydrogens is 284 g/mol. The van der Waals surface area contributed by atoms with Gasteiger partial charge in [0.05, 0.1) is 0 Å². The van der Waals surface area contributed by atoms with Crippen LogP contribution in [0, 0.1) is 6.92 Å². The minimum Gasteiger partial charge on any atom is -0.458 e.